The molecule has 20 heavy (non-hydrogen) atoms. The Kier molecular flexibility index (Phi) is 5.93. The average Bonchev–Trinajstić information content (AvgIpc) is 2.43. The van der Waals surface area contributed by atoms with Crippen LogP contribution in [0.15, 0.2) is 42.0 Å². The van der Waals surface area contributed by atoms with E-state index >= 15 is 0 Å². The minimum atomic E-state index is -0.317. The molecule has 1 nitrogen and oxygen atoms in total. The van der Waals surface area contributed by atoms with E-state index in [4.69, 9.17) is 5.26 Å². The van der Waals surface area contributed by atoms with Gasteiger partial charge in [-0.25, -0.2) is 4.39 Å². The third kappa shape index (κ3) is 3.45. The first-order chi connectivity index (χ1) is 9.58. The van der Waals surface area contributed by atoms with Crippen LogP contribution in [0.3, 0.4) is 0 Å². The van der Waals surface area contributed by atoms with Crippen LogP contribution in [-0.2, 0) is 6.42 Å². The van der Waals surface area contributed by atoms with Gasteiger partial charge in [0.05, 0.1) is 12.5 Å². The summed E-state index contributed by atoms with van der Waals surface area (Å²) in [5, 5.41) is 8.71. The lowest BCUT2D eigenvalue weighted by Crippen LogP contribution is -1.97. The largest absolute Gasteiger partial charge is 0.207 e. The highest BCUT2D eigenvalue weighted by atomic mass is 19.1. The van der Waals surface area contributed by atoms with E-state index in [0.717, 1.165) is 22.3 Å². The molecule has 1 aromatic rings. The number of rotatable bonds is 4. The number of halogens is 1. The summed E-state index contributed by atoms with van der Waals surface area (Å²) in [6, 6.07) is 5.29. The van der Waals surface area contributed by atoms with Gasteiger partial charge in [-0.2, -0.15) is 5.26 Å². The van der Waals surface area contributed by atoms with E-state index in [2.05, 4.69) is 0 Å². The Labute approximate surface area is 120 Å². The molecule has 1 aromatic carbocycles. The molecule has 0 atom stereocenters. The van der Waals surface area contributed by atoms with Crippen molar-refractivity contribution in [1.82, 2.24) is 0 Å². The molecule has 0 saturated carbocycles. The molecule has 0 fully saturated rings. The van der Waals surface area contributed by atoms with E-state index in [-0.39, 0.29) is 12.2 Å². The predicted molar refractivity (Wildman–Crippen MR) is 82.7 cm³/mol. The topological polar surface area (TPSA) is 23.8 Å². The second kappa shape index (κ2) is 7.45. The number of nitriles is 1. The van der Waals surface area contributed by atoms with E-state index in [1.165, 1.54) is 6.07 Å². The van der Waals surface area contributed by atoms with Gasteiger partial charge in [-0.05, 0) is 56.0 Å². The highest BCUT2D eigenvalue weighted by Gasteiger charge is 2.12. The lowest BCUT2D eigenvalue weighted by molar-refractivity contribution is 0.614. The van der Waals surface area contributed by atoms with Crippen LogP contribution in [0.25, 0.3) is 5.57 Å². The van der Waals surface area contributed by atoms with Crippen LogP contribution in [0.5, 0.6) is 0 Å². The van der Waals surface area contributed by atoms with Gasteiger partial charge in [0, 0.05) is 5.56 Å². The summed E-state index contributed by atoms with van der Waals surface area (Å²) >= 11 is 0. The van der Waals surface area contributed by atoms with Crippen LogP contribution in [-0.4, -0.2) is 0 Å². The first kappa shape index (κ1) is 15.9. The van der Waals surface area contributed by atoms with E-state index in [1.54, 1.807) is 6.07 Å². The van der Waals surface area contributed by atoms with Gasteiger partial charge >= 0.3 is 0 Å². The second-order valence-corrected chi connectivity index (χ2v) is 4.54. The first-order valence-electron chi connectivity index (χ1n) is 6.71. The van der Waals surface area contributed by atoms with Crippen LogP contribution in [0.2, 0.25) is 0 Å². The zero-order valence-corrected chi connectivity index (χ0v) is 12.5. The summed E-state index contributed by atoms with van der Waals surface area (Å²) in [4.78, 5) is 0. The summed E-state index contributed by atoms with van der Waals surface area (Å²) in [5.74, 6) is -0.317. The van der Waals surface area contributed by atoms with E-state index in [9.17, 15) is 4.39 Å². The van der Waals surface area contributed by atoms with Crippen molar-refractivity contribution in [2.45, 2.75) is 34.1 Å². The third-order valence-corrected chi connectivity index (χ3v) is 3.21. The maximum atomic E-state index is 14.1. The van der Waals surface area contributed by atoms with Gasteiger partial charge in [-0.15, -0.1) is 0 Å². The number of hydrogen-bond acceptors (Lipinski definition) is 1. The molecule has 0 aliphatic heterocycles. The molecule has 0 aromatic heterocycles. The molecular formula is C18H20FN. The van der Waals surface area contributed by atoms with Crippen LogP contribution < -0.4 is 0 Å². The Morgan fingerprint density at radius 2 is 1.95 bits per heavy atom. The minimum Gasteiger partial charge on any atom is -0.207 e. The standard InChI is InChI=1S/C18H20FN/c1-5-8-14(6-2)16(7-3)17-12-18(19)15(9-10-20)11-13(17)4/h5-8,11-12H,9H2,1-4H3/b8-5-,14-6+,16-7+. The first-order valence-corrected chi connectivity index (χ1v) is 6.71. The number of hydrogen-bond donors (Lipinski definition) is 0. The molecule has 0 aliphatic rings. The van der Waals surface area contributed by atoms with Crippen molar-refractivity contribution in [2.24, 2.45) is 0 Å². The number of benzene rings is 1. The number of aryl methyl sites for hydroxylation is 1. The molecule has 0 spiro atoms. The van der Waals surface area contributed by atoms with Crippen LogP contribution in [0, 0.1) is 24.1 Å². The molecule has 0 amide bonds. The van der Waals surface area contributed by atoms with E-state index < -0.39 is 0 Å². The molecule has 2 heteroatoms. The number of nitrogens with zero attached hydrogens (tertiary/aromatic N) is 1. The van der Waals surface area contributed by atoms with Crippen molar-refractivity contribution in [3.63, 3.8) is 0 Å². The lowest BCUT2D eigenvalue weighted by atomic mass is 9.91. The van der Waals surface area contributed by atoms with Gasteiger partial charge in [0.1, 0.15) is 5.82 Å². The Balaban J connectivity index is 3.39. The molecule has 0 unspecified atom stereocenters. The highest BCUT2D eigenvalue weighted by molar-refractivity contribution is 5.83. The summed E-state index contributed by atoms with van der Waals surface area (Å²) in [5.41, 5.74) is 4.37. The van der Waals surface area contributed by atoms with Gasteiger partial charge in [-0.1, -0.05) is 30.4 Å². The molecule has 0 N–H and O–H groups in total. The van der Waals surface area contributed by atoms with Gasteiger partial charge in [0.15, 0.2) is 0 Å². The molecule has 0 bridgehead atoms. The average molecular weight is 269 g/mol. The summed E-state index contributed by atoms with van der Waals surface area (Å²) in [7, 11) is 0. The van der Waals surface area contributed by atoms with E-state index in [0.29, 0.717) is 5.56 Å². The fourth-order valence-electron chi connectivity index (χ4n) is 2.25. The van der Waals surface area contributed by atoms with Crippen molar-refractivity contribution >= 4 is 5.57 Å². The maximum Gasteiger partial charge on any atom is 0.128 e. The van der Waals surface area contributed by atoms with Crippen molar-refractivity contribution in [3.8, 4) is 6.07 Å². The van der Waals surface area contributed by atoms with Gasteiger partial charge in [-0.3, -0.25) is 0 Å². The molecule has 1 rings (SSSR count). The Morgan fingerprint density at radius 3 is 2.45 bits per heavy atom. The van der Waals surface area contributed by atoms with Crippen molar-refractivity contribution in [2.75, 3.05) is 0 Å². The van der Waals surface area contributed by atoms with Crippen molar-refractivity contribution < 1.29 is 4.39 Å². The Bertz CT molecular complexity index is 613. The van der Waals surface area contributed by atoms with E-state index in [1.807, 2.05) is 58.1 Å². The molecule has 0 heterocycles. The molecular weight excluding hydrogens is 249 g/mol. The zero-order valence-electron chi connectivity index (χ0n) is 12.5. The summed E-state index contributed by atoms with van der Waals surface area (Å²) < 4.78 is 14.1. The van der Waals surface area contributed by atoms with Gasteiger partial charge in [0.2, 0.25) is 0 Å². The molecule has 0 radical (unpaired) electrons. The van der Waals surface area contributed by atoms with Crippen molar-refractivity contribution in [1.29, 1.82) is 5.26 Å². The minimum absolute atomic E-state index is 0.101. The molecule has 104 valence electrons. The predicted octanol–water partition coefficient (Wildman–Crippen LogP) is 5.13. The third-order valence-electron chi connectivity index (χ3n) is 3.21. The van der Waals surface area contributed by atoms with Gasteiger partial charge < -0.3 is 0 Å². The second-order valence-electron chi connectivity index (χ2n) is 4.54. The van der Waals surface area contributed by atoms with Crippen LogP contribution in [0.4, 0.5) is 4.39 Å². The zero-order chi connectivity index (χ0) is 15.1. The summed E-state index contributed by atoms with van der Waals surface area (Å²) in [6.45, 7) is 7.82. The highest BCUT2D eigenvalue weighted by Crippen LogP contribution is 2.29. The fourth-order valence-corrected chi connectivity index (χ4v) is 2.25. The number of allylic oxidation sites excluding steroid dienone is 6. The maximum absolute atomic E-state index is 14.1. The Hall–Kier alpha value is -2.14. The monoisotopic (exact) mass is 269 g/mol. The lowest BCUT2D eigenvalue weighted by Gasteiger charge is -2.13. The van der Waals surface area contributed by atoms with Crippen LogP contribution >= 0.6 is 0 Å². The quantitative estimate of drug-likeness (QED) is 0.695. The Morgan fingerprint density at radius 1 is 1.25 bits per heavy atom. The van der Waals surface area contributed by atoms with Crippen molar-refractivity contribution in [3.05, 3.63) is 64.5 Å². The van der Waals surface area contributed by atoms with Crippen LogP contribution in [0.1, 0.15) is 37.5 Å². The van der Waals surface area contributed by atoms with Gasteiger partial charge in [0.25, 0.3) is 0 Å². The molecule has 0 saturated heterocycles. The normalized spacial score (nSPS) is 12.8. The SMILES string of the molecule is C\C=C/C(=C\C)C(=C\C)/c1cc(F)c(CC#N)cc1C. The molecule has 0 aliphatic carbocycles. The fraction of sp³-hybridized carbons (Fsp3) is 0.278. The summed E-state index contributed by atoms with van der Waals surface area (Å²) in [6.07, 6.45) is 8.07. The smallest absolute Gasteiger partial charge is 0.128 e.